The van der Waals surface area contributed by atoms with Crippen molar-refractivity contribution in [3.63, 3.8) is 0 Å². The van der Waals surface area contributed by atoms with Gasteiger partial charge in [-0.3, -0.25) is 4.79 Å². The van der Waals surface area contributed by atoms with Crippen molar-refractivity contribution in [1.82, 2.24) is 14.9 Å². The largest absolute Gasteiger partial charge is 0.383 e. The predicted molar refractivity (Wildman–Crippen MR) is 79.0 cm³/mol. The number of imidazole rings is 1. The van der Waals surface area contributed by atoms with Crippen LogP contribution in [0.3, 0.4) is 0 Å². The molecule has 7 heteroatoms. The molecule has 21 heavy (non-hydrogen) atoms. The zero-order valence-electron chi connectivity index (χ0n) is 11.7. The Morgan fingerprint density at radius 3 is 3.05 bits per heavy atom. The smallest absolute Gasteiger partial charge is 0.240 e. The molecule has 0 saturated carbocycles. The zero-order chi connectivity index (χ0) is 15.2. The van der Waals surface area contributed by atoms with Crippen molar-refractivity contribution in [2.24, 2.45) is 0 Å². The Balaban J connectivity index is 2.26. The number of aryl methyl sites for hydroxylation is 1. The van der Waals surface area contributed by atoms with Crippen molar-refractivity contribution >= 4 is 28.5 Å². The number of alkyl halides is 1. The summed E-state index contributed by atoms with van der Waals surface area (Å²) in [5.41, 5.74) is 0.860. The van der Waals surface area contributed by atoms with Crippen LogP contribution in [0.15, 0.2) is 18.2 Å². The number of ether oxygens (including phenoxy) is 1. The third-order valence-electron chi connectivity index (χ3n) is 3.06. The van der Waals surface area contributed by atoms with E-state index < -0.39 is 5.82 Å². The topological polar surface area (TPSA) is 56.1 Å². The van der Waals surface area contributed by atoms with Crippen molar-refractivity contribution in [3.8, 4) is 0 Å². The Labute approximate surface area is 127 Å². The van der Waals surface area contributed by atoms with Crippen LogP contribution in [0.5, 0.6) is 0 Å². The van der Waals surface area contributed by atoms with Gasteiger partial charge in [0.15, 0.2) is 5.82 Å². The fraction of sp³-hybridized carbons (Fsp3) is 0.429. The van der Waals surface area contributed by atoms with Crippen molar-refractivity contribution in [2.45, 2.75) is 13.0 Å². The molecule has 0 spiro atoms. The van der Waals surface area contributed by atoms with E-state index in [-0.39, 0.29) is 18.0 Å². The number of carbonyl (C=O) groups is 1. The summed E-state index contributed by atoms with van der Waals surface area (Å²) in [5, 5.41) is 2.73. The van der Waals surface area contributed by atoms with E-state index >= 15 is 0 Å². The molecule has 0 aliphatic rings. The molecule has 2 aromatic rings. The first-order chi connectivity index (χ1) is 10.2. The lowest BCUT2D eigenvalue weighted by atomic mass is 10.3. The van der Waals surface area contributed by atoms with Crippen LogP contribution >= 0.6 is 11.6 Å². The van der Waals surface area contributed by atoms with Gasteiger partial charge in [-0.1, -0.05) is 6.07 Å². The SMILES string of the molecule is COCCNC(=O)Cn1c(CCCl)nc2c(F)cccc21. The van der Waals surface area contributed by atoms with Crippen LogP contribution in [0, 0.1) is 5.82 Å². The first-order valence-electron chi connectivity index (χ1n) is 6.62. The van der Waals surface area contributed by atoms with Crippen LogP contribution in [0.25, 0.3) is 11.0 Å². The number of fused-ring (bicyclic) bond motifs is 1. The summed E-state index contributed by atoms with van der Waals surface area (Å²) < 4.78 is 20.4. The average Bonchev–Trinajstić information content (AvgIpc) is 2.80. The molecule has 2 rings (SSSR count). The number of carbonyl (C=O) groups excluding carboxylic acids is 1. The van der Waals surface area contributed by atoms with Crippen LogP contribution in [0.2, 0.25) is 0 Å². The van der Waals surface area contributed by atoms with Crippen molar-refractivity contribution in [3.05, 3.63) is 29.8 Å². The molecule has 114 valence electrons. The second kappa shape index (κ2) is 7.38. The number of methoxy groups -OCH3 is 1. The molecular formula is C14H17ClFN3O2. The Hall–Kier alpha value is -1.66. The number of amides is 1. The molecular weight excluding hydrogens is 297 g/mol. The number of nitrogens with one attached hydrogen (secondary N) is 1. The van der Waals surface area contributed by atoms with Gasteiger partial charge < -0.3 is 14.6 Å². The molecule has 5 nitrogen and oxygen atoms in total. The van der Waals surface area contributed by atoms with Crippen LogP contribution in [0.1, 0.15) is 5.82 Å². The van der Waals surface area contributed by atoms with E-state index in [0.717, 1.165) is 0 Å². The van der Waals surface area contributed by atoms with Crippen molar-refractivity contribution in [1.29, 1.82) is 0 Å². The van der Waals surface area contributed by atoms with E-state index in [1.165, 1.54) is 6.07 Å². The molecule has 0 unspecified atom stereocenters. The van der Waals surface area contributed by atoms with Crippen molar-refractivity contribution < 1.29 is 13.9 Å². The third kappa shape index (κ3) is 3.71. The van der Waals surface area contributed by atoms with Gasteiger partial charge in [-0.2, -0.15) is 0 Å². The monoisotopic (exact) mass is 313 g/mol. The standard InChI is InChI=1S/C14H17ClFN3O2/c1-21-8-7-17-13(20)9-19-11-4-2-3-10(16)14(11)18-12(19)5-6-15/h2-4H,5-9H2,1H3,(H,17,20). The maximum atomic E-state index is 13.8. The molecule has 0 saturated heterocycles. The first kappa shape index (κ1) is 15.7. The highest BCUT2D eigenvalue weighted by Gasteiger charge is 2.15. The minimum Gasteiger partial charge on any atom is -0.383 e. The minimum absolute atomic E-state index is 0.0793. The van der Waals surface area contributed by atoms with Gasteiger partial charge in [0.05, 0.1) is 12.1 Å². The highest BCUT2D eigenvalue weighted by atomic mass is 35.5. The zero-order valence-corrected chi connectivity index (χ0v) is 12.5. The van der Waals surface area contributed by atoms with Crippen molar-refractivity contribution in [2.75, 3.05) is 26.1 Å². The molecule has 1 N–H and O–H groups in total. The maximum Gasteiger partial charge on any atom is 0.240 e. The summed E-state index contributed by atoms with van der Waals surface area (Å²) in [6.45, 7) is 0.955. The van der Waals surface area contributed by atoms with Gasteiger partial charge in [-0.25, -0.2) is 9.37 Å². The Morgan fingerprint density at radius 1 is 1.52 bits per heavy atom. The van der Waals surface area contributed by atoms with Crippen LogP contribution in [-0.4, -0.2) is 41.6 Å². The van der Waals surface area contributed by atoms with E-state index in [9.17, 15) is 9.18 Å². The van der Waals surface area contributed by atoms with Crippen LogP contribution in [0.4, 0.5) is 4.39 Å². The lowest BCUT2D eigenvalue weighted by Gasteiger charge is -2.09. The second-order valence-corrected chi connectivity index (χ2v) is 4.88. The average molecular weight is 314 g/mol. The fourth-order valence-corrected chi connectivity index (χ4v) is 2.27. The number of aromatic nitrogens is 2. The third-order valence-corrected chi connectivity index (χ3v) is 3.25. The Kier molecular flexibility index (Phi) is 5.52. The number of nitrogens with zero attached hydrogens (tertiary/aromatic N) is 2. The van der Waals surface area contributed by atoms with E-state index in [4.69, 9.17) is 16.3 Å². The number of halogens is 2. The molecule has 0 bridgehead atoms. The van der Waals surface area contributed by atoms with Gasteiger partial charge in [-0.05, 0) is 12.1 Å². The summed E-state index contributed by atoms with van der Waals surface area (Å²) >= 11 is 5.75. The van der Waals surface area contributed by atoms with E-state index in [1.807, 2.05) is 0 Å². The molecule has 0 radical (unpaired) electrons. The van der Waals surface area contributed by atoms with E-state index in [0.29, 0.717) is 36.8 Å². The molecule has 0 atom stereocenters. The normalized spacial score (nSPS) is 11.0. The summed E-state index contributed by atoms with van der Waals surface area (Å²) in [6.07, 6.45) is 0.473. The Morgan fingerprint density at radius 2 is 2.33 bits per heavy atom. The summed E-state index contributed by atoms with van der Waals surface area (Å²) in [7, 11) is 1.57. The molecule has 1 heterocycles. The quantitative estimate of drug-likeness (QED) is 0.625. The Bertz CT molecular complexity index is 630. The first-order valence-corrected chi connectivity index (χ1v) is 7.16. The molecule has 1 aromatic carbocycles. The van der Waals surface area contributed by atoms with Gasteiger partial charge in [0, 0.05) is 26.0 Å². The van der Waals surface area contributed by atoms with Gasteiger partial charge in [-0.15, -0.1) is 11.6 Å². The number of para-hydroxylation sites is 1. The van der Waals surface area contributed by atoms with Gasteiger partial charge >= 0.3 is 0 Å². The minimum atomic E-state index is -0.401. The summed E-state index contributed by atoms with van der Waals surface area (Å²) in [6, 6.07) is 4.69. The van der Waals surface area contributed by atoms with E-state index in [1.54, 1.807) is 23.8 Å². The molecule has 0 fully saturated rings. The molecule has 0 aliphatic heterocycles. The summed E-state index contributed by atoms with van der Waals surface area (Å²) in [4.78, 5) is 16.2. The number of hydrogen-bond acceptors (Lipinski definition) is 3. The van der Waals surface area contributed by atoms with E-state index in [2.05, 4.69) is 10.3 Å². The fourth-order valence-electron chi connectivity index (χ4n) is 2.10. The van der Waals surface area contributed by atoms with Crippen LogP contribution < -0.4 is 5.32 Å². The second-order valence-electron chi connectivity index (χ2n) is 4.50. The molecule has 1 aromatic heterocycles. The van der Waals surface area contributed by atoms with Gasteiger partial charge in [0.25, 0.3) is 0 Å². The van der Waals surface area contributed by atoms with Crippen LogP contribution in [-0.2, 0) is 22.5 Å². The number of rotatable bonds is 7. The highest BCUT2D eigenvalue weighted by Crippen LogP contribution is 2.19. The van der Waals surface area contributed by atoms with Gasteiger partial charge in [0.1, 0.15) is 17.9 Å². The predicted octanol–water partition coefficient (Wildman–Crippen LogP) is 1.72. The maximum absolute atomic E-state index is 13.8. The van der Waals surface area contributed by atoms with Gasteiger partial charge in [0.2, 0.25) is 5.91 Å². The molecule has 0 aliphatic carbocycles. The number of benzene rings is 1. The number of hydrogen-bond donors (Lipinski definition) is 1. The lowest BCUT2D eigenvalue weighted by Crippen LogP contribution is -2.30. The summed E-state index contributed by atoms with van der Waals surface area (Å²) in [5.74, 6) is 0.385. The highest BCUT2D eigenvalue weighted by molar-refractivity contribution is 6.17. The molecule has 1 amide bonds. The lowest BCUT2D eigenvalue weighted by molar-refractivity contribution is -0.121.